The zero-order valence-electron chi connectivity index (χ0n) is 26.5. The first-order valence-corrected chi connectivity index (χ1v) is 17.6. The Balaban J connectivity index is 1.26. The molecule has 11 aromatic rings. The van der Waals surface area contributed by atoms with Crippen molar-refractivity contribution in [3.63, 3.8) is 0 Å². The van der Waals surface area contributed by atoms with E-state index in [9.17, 15) is 0 Å². The third kappa shape index (κ3) is 3.38. The second-order valence-corrected chi connectivity index (χ2v) is 14.0. The fraction of sp³-hybridized carbons (Fsp3) is 0. The highest BCUT2D eigenvalue weighted by atomic mass is 32.2. The first-order valence-electron chi connectivity index (χ1n) is 16.8. The van der Waals surface area contributed by atoms with Crippen molar-refractivity contribution in [3.8, 4) is 22.9 Å². The van der Waals surface area contributed by atoms with E-state index in [4.69, 9.17) is 14.4 Å². The molecule has 0 atom stereocenters. The molecule has 5 nitrogen and oxygen atoms in total. The summed E-state index contributed by atoms with van der Waals surface area (Å²) in [6.45, 7) is 0. The summed E-state index contributed by atoms with van der Waals surface area (Å²) >= 11 is 1.79. The smallest absolute Gasteiger partial charge is 0.235 e. The van der Waals surface area contributed by atoms with Crippen LogP contribution < -0.4 is 0 Å². The molecule has 5 heterocycles. The largest absolute Gasteiger partial charge is 0.455 e. The van der Waals surface area contributed by atoms with Gasteiger partial charge in [-0.15, -0.1) is 0 Å². The Morgan fingerprint density at radius 1 is 0.480 bits per heavy atom. The minimum absolute atomic E-state index is 0.666. The molecule has 0 bridgehead atoms. The number of nitrogens with zero attached hydrogens (tertiary/aromatic N) is 4. The molecule has 0 radical (unpaired) electrons. The summed E-state index contributed by atoms with van der Waals surface area (Å²) < 4.78 is 11.3. The van der Waals surface area contributed by atoms with Crippen LogP contribution in [0.1, 0.15) is 0 Å². The second kappa shape index (κ2) is 9.62. The highest BCUT2D eigenvalue weighted by Gasteiger charge is 2.26. The standard InChI is InChI=1S/C44H24N4OS/c1-2-11-25(12-3-1)47-34-23-21-27-26-13-5-8-18-35(26)49-43(27)39(34)30-22-24-33-38(42(30)47)28-14-4-7-17-32(28)48(33)44-45-31-16-10-20-37-40(31)41(46-44)29-15-6-9-19-36(29)50-37/h1-24H. The lowest BCUT2D eigenvalue weighted by molar-refractivity contribution is 0.673. The number of hydrogen-bond donors (Lipinski definition) is 0. The van der Waals surface area contributed by atoms with E-state index >= 15 is 0 Å². The van der Waals surface area contributed by atoms with Crippen LogP contribution >= 0.6 is 11.8 Å². The molecule has 0 fully saturated rings. The van der Waals surface area contributed by atoms with Crippen molar-refractivity contribution in [2.75, 3.05) is 0 Å². The number of rotatable bonds is 2. The average molecular weight is 657 g/mol. The van der Waals surface area contributed by atoms with Gasteiger partial charge in [0.05, 0.1) is 38.7 Å². The van der Waals surface area contributed by atoms with Crippen LogP contribution in [-0.2, 0) is 0 Å². The molecule has 232 valence electrons. The third-order valence-electron chi connectivity index (χ3n) is 10.3. The molecule has 7 aromatic carbocycles. The predicted octanol–water partition coefficient (Wildman–Crippen LogP) is 11.9. The highest BCUT2D eigenvalue weighted by Crippen LogP contribution is 2.48. The van der Waals surface area contributed by atoms with Gasteiger partial charge < -0.3 is 8.98 Å². The lowest BCUT2D eigenvalue weighted by atomic mass is 10.1. The summed E-state index contributed by atoms with van der Waals surface area (Å²) in [5, 5.41) is 7.93. The average Bonchev–Trinajstić information content (AvgIpc) is 3.83. The number of fused-ring (bicyclic) bond motifs is 13. The SMILES string of the molecule is c1ccc(-n2c3ccc4c5ccccc5oc4c3c3ccc4c(c5ccccc5n4-c4nc5c6c(cccc6n4)Sc4ccccc4-5)c32)cc1. The Morgan fingerprint density at radius 3 is 2.14 bits per heavy atom. The van der Waals surface area contributed by atoms with Crippen LogP contribution in [0.25, 0.3) is 99.3 Å². The molecule has 50 heavy (non-hydrogen) atoms. The fourth-order valence-corrected chi connectivity index (χ4v) is 9.38. The van der Waals surface area contributed by atoms with Gasteiger partial charge in [-0.2, -0.15) is 0 Å². The van der Waals surface area contributed by atoms with Crippen LogP contribution in [0.15, 0.2) is 160 Å². The molecule has 12 rings (SSSR count). The normalized spacial score (nSPS) is 12.7. The van der Waals surface area contributed by atoms with Gasteiger partial charge in [0.2, 0.25) is 5.95 Å². The van der Waals surface area contributed by atoms with Crippen molar-refractivity contribution in [3.05, 3.63) is 146 Å². The molecule has 0 spiro atoms. The maximum absolute atomic E-state index is 6.67. The van der Waals surface area contributed by atoms with E-state index in [1.54, 1.807) is 11.8 Å². The molecular formula is C44H24N4OS. The first kappa shape index (κ1) is 26.6. The fourth-order valence-electron chi connectivity index (χ4n) is 8.27. The van der Waals surface area contributed by atoms with Gasteiger partial charge in [-0.25, -0.2) is 9.97 Å². The topological polar surface area (TPSA) is 48.8 Å². The number of benzene rings is 7. The number of hydrogen-bond acceptors (Lipinski definition) is 4. The van der Waals surface area contributed by atoms with E-state index in [1.807, 2.05) is 6.07 Å². The predicted molar refractivity (Wildman–Crippen MR) is 205 cm³/mol. The van der Waals surface area contributed by atoms with Gasteiger partial charge in [-0.1, -0.05) is 90.6 Å². The summed E-state index contributed by atoms with van der Waals surface area (Å²) in [6.07, 6.45) is 0. The highest BCUT2D eigenvalue weighted by molar-refractivity contribution is 7.99. The van der Waals surface area contributed by atoms with E-state index in [-0.39, 0.29) is 0 Å². The zero-order chi connectivity index (χ0) is 32.5. The van der Waals surface area contributed by atoms with Crippen molar-refractivity contribution >= 4 is 88.2 Å². The lowest BCUT2D eigenvalue weighted by Crippen LogP contribution is -2.05. The van der Waals surface area contributed by atoms with Crippen LogP contribution in [0.4, 0.5) is 0 Å². The molecule has 0 unspecified atom stereocenters. The molecular weight excluding hydrogens is 633 g/mol. The van der Waals surface area contributed by atoms with Crippen LogP contribution in [0.2, 0.25) is 0 Å². The molecule has 1 aliphatic heterocycles. The summed E-state index contributed by atoms with van der Waals surface area (Å²) in [7, 11) is 0. The van der Waals surface area contributed by atoms with Gasteiger partial charge in [0.15, 0.2) is 0 Å². The quantitative estimate of drug-likeness (QED) is 0.186. The van der Waals surface area contributed by atoms with Crippen LogP contribution in [0.5, 0.6) is 0 Å². The number of furan rings is 1. The van der Waals surface area contributed by atoms with Crippen LogP contribution in [-0.4, -0.2) is 19.1 Å². The lowest BCUT2D eigenvalue weighted by Gasteiger charge is -2.20. The van der Waals surface area contributed by atoms with Gasteiger partial charge >= 0.3 is 0 Å². The van der Waals surface area contributed by atoms with Crippen molar-refractivity contribution in [1.29, 1.82) is 0 Å². The van der Waals surface area contributed by atoms with Gasteiger partial charge in [-0.3, -0.25) is 4.57 Å². The summed E-state index contributed by atoms with van der Waals surface area (Å²) in [5.41, 5.74) is 10.3. The van der Waals surface area contributed by atoms with E-state index in [1.165, 1.54) is 9.79 Å². The Labute approximate surface area is 289 Å². The van der Waals surface area contributed by atoms with E-state index in [2.05, 4.69) is 149 Å². The van der Waals surface area contributed by atoms with Crippen molar-refractivity contribution in [1.82, 2.24) is 19.1 Å². The van der Waals surface area contributed by atoms with Gasteiger partial charge in [0, 0.05) is 53.4 Å². The number of para-hydroxylation sites is 3. The number of aromatic nitrogens is 4. The molecule has 0 saturated heterocycles. The Bertz CT molecular complexity index is 3240. The van der Waals surface area contributed by atoms with Crippen molar-refractivity contribution in [2.45, 2.75) is 9.79 Å². The Morgan fingerprint density at radius 2 is 1.22 bits per heavy atom. The van der Waals surface area contributed by atoms with Crippen LogP contribution in [0, 0.1) is 0 Å². The molecule has 0 amide bonds. The zero-order valence-corrected chi connectivity index (χ0v) is 27.3. The molecule has 0 saturated carbocycles. The summed E-state index contributed by atoms with van der Waals surface area (Å²) in [6, 6.07) is 51.5. The molecule has 6 heteroatoms. The summed E-state index contributed by atoms with van der Waals surface area (Å²) in [4.78, 5) is 13.1. The van der Waals surface area contributed by atoms with Crippen molar-refractivity contribution < 1.29 is 4.42 Å². The van der Waals surface area contributed by atoms with Gasteiger partial charge in [0.1, 0.15) is 11.2 Å². The van der Waals surface area contributed by atoms with Crippen LogP contribution in [0.3, 0.4) is 0 Å². The third-order valence-corrected chi connectivity index (χ3v) is 11.5. The van der Waals surface area contributed by atoms with Gasteiger partial charge in [-0.05, 0) is 66.7 Å². The van der Waals surface area contributed by atoms with E-state index < -0.39 is 0 Å². The monoisotopic (exact) mass is 656 g/mol. The first-order chi connectivity index (χ1) is 24.8. The minimum atomic E-state index is 0.666. The second-order valence-electron chi connectivity index (χ2n) is 12.9. The molecule has 4 aromatic heterocycles. The molecule has 0 N–H and O–H groups in total. The molecule has 0 aliphatic carbocycles. The Kier molecular flexibility index (Phi) is 5.11. The summed E-state index contributed by atoms with van der Waals surface area (Å²) in [5.74, 6) is 0.666. The maximum Gasteiger partial charge on any atom is 0.235 e. The van der Waals surface area contributed by atoms with Crippen molar-refractivity contribution in [2.24, 2.45) is 0 Å². The minimum Gasteiger partial charge on any atom is -0.455 e. The van der Waals surface area contributed by atoms with E-state index in [0.29, 0.717) is 5.95 Å². The molecule has 1 aliphatic rings. The Hall–Kier alpha value is -6.37. The maximum atomic E-state index is 6.67. The van der Waals surface area contributed by atoms with E-state index in [0.717, 1.165) is 93.4 Å². The van der Waals surface area contributed by atoms with Gasteiger partial charge in [0.25, 0.3) is 0 Å².